The Kier molecular flexibility index (Phi) is 8.02. The molecule has 0 radical (unpaired) electrons. The van der Waals surface area contributed by atoms with Crippen LogP contribution in [-0.4, -0.2) is 43.9 Å². The van der Waals surface area contributed by atoms with E-state index in [9.17, 15) is 14.0 Å². The molecule has 5 nitrogen and oxygen atoms in total. The lowest BCUT2D eigenvalue weighted by Gasteiger charge is -2.16. The van der Waals surface area contributed by atoms with Gasteiger partial charge in [0.1, 0.15) is 5.82 Å². The van der Waals surface area contributed by atoms with Crippen molar-refractivity contribution in [2.24, 2.45) is 0 Å². The highest BCUT2D eigenvalue weighted by Crippen LogP contribution is 2.28. The summed E-state index contributed by atoms with van der Waals surface area (Å²) in [6, 6.07) is 7.23. The first-order chi connectivity index (χ1) is 11.4. The Morgan fingerprint density at radius 2 is 2.00 bits per heavy atom. The molecule has 1 heterocycles. The molecule has 0 aliphatic heterocycles. The zero-order chi connectivity index (χ0) is 17.7. The number of rotatable bonds is 6. The van der Waals surface area contributed by atoms with Crippen LogP contribution in [0.1, 0.15) is 25.6 Å². The Balaban J connectivity index is 0.00000312. The fourth-order valence-corrected chi connectivity index (χ4v) is 3.19. The first kappa shape index (κ1) is 21.1. The molecular weight excluding hydrogens is 365 g/mol. The molecule has 0 fully saturated rings. The molecule has 2 amide bonds. The van der Waals surface area contributed by atoms with Crippen molar-refractivity contribution in [3.63, 3.8) is 0 Å². The zero-order valence-corrected chi connectivity index (χ0v) is 15.9. The van der Waals surface area contributed by atoms with Gasteiger partial charge in [-0.2, -0.15) is 0 Å². The van der Waals surface area contributed by atoms with Gasteiger partial charge in [0.15, 0.2) is 0 Å². The minimum Gasteiger partial charge on any atom is -0.340 e. The van der Waals surface area contributed by atoms with Crippen LogP contribution in [0.25, 0.3) is 0 Å². The summed E-state index contributed by atoms with van der Waals surface area (Å²) in [4.78, 5) is 26.8. The number of halogens is 2. The summed E-state index contributed by atoms with van der Waals surface area (Å²) in [5, 5.41) is 6.27. The summed E-state index contributed by atoms with van der Waals surface area (Å²) in [5.41, 5.74) is 1.04. The molecule has 0 spiro atoms. The van der Waals surface area contributed by atoms with Gasteiger partial charge in [-0.15, -0.1) is 23.7 Å². The molecule has 0 saturated carbocycles. The third-order valence-corrected chi connectivity index (χ3v) is 4.62. The van der Waals surface area contributed by atoms with E-state index in [1.165, 1.54) is 35.6 Å². The lowest BCUT2D eigenvalue weighted by molar-refractivity contribution is 0.0800. The summed E-state index contributed by atoms with van der Waals surface area (Å²) in [5.74, 6) is -0.954. The number of thiophene rings is 1. The van der Waals surface area contributed by atoms with E-state index < -0.39 is 11.7 Å². The van der Waals surface area contributed by atoms with E-state index in [1.807, 2.05) is 14.0 Å². The van der Waals surface area contributed by atoms with Gasteiger partial charge in [-0.05, 0) is 43.8 Å². The molecule has 2 N–H and O–H groups in total. The maximum absolute atomic E-state index is 13.2. The number of nitrogens with one attached hydrogen (secondary N) is 2. The van der Waals surface area contributed by atoms with Crippen LogP contribution in [0.4, 0.5) is 9.39 Å². The summed E-state index contributed by atoms with van der Waals surface area (Å²) < 4.78 is 13.2. The smallest absolute Gasteiger partial charge is 0.264 e. The van der Waals surface area contributed by atoms with Crippen molar-refractivity contribution in [2.75, 3.05) is 32.5 Å². The monoisotopic (exact) mass is 385 g/mol. The molecule has 0 saturated heterocycles. The lowest BCUT2D eigenvalue weighted by atomic mass is 10.2. The van der Waals surface area contributed by atoms with Gasteiger partial charge in [0, 0.05) is 25.7 Å². The fraction of sp³-hybridized carbons (Fsp3) is 0.294. The summed E-state index contributed by atoms with van der Waals surface area (Å²) >= 11 is 1.22. The largest absolute Gasteiger partial charge is 0.340 e. The minimum absolute atomic E-state index is 0. The number of amides is 2. The predicted octanol–water partition coefficient (Wildman–Crippen LogP) is 3.16. The van der Waals surface area contributed by atoms with Gasteiger partial charge >= 0.3 is 0 Å². The van der Waals surface area contributed by atoms with E-state index in [2.05, 4.69) is 10.6 Å². The van der Waals surface area contributed by atoms with Crippen molar-refractivity contribution < 1.29 is 14.0 Å². The van der Waals surface area contributed by atoms with Crippen molar-refractivity contribution >= 4 is 40.6 Å². The van der Waals surface area contributed by atoms with Crippen LogP contribution in [0.3, 0.4) is 0 Å². The Bertz CT molecular complexity index is 751. The van der Waals surface area contributed by atoms with Crippen molar-refractivity contribution in [1.82, 2.24) is 10.2 Å². The molecule has 1 aromatic carbocycles. The van der Waals surface area contributed by atoms with Gasteiger partial charge in [-0.25, -0.2) is 4.39 Å². The summed E-state index contributed by atoms with van der Waals surface area (Å²) in [7, 11) is 3.57. The average molecular weight is 386 g/mol. The zero-order valence-electron chi connectivity index (χ0n) is 14.3. The van der Waals surface area contributed by atoms with E-state index in [4.69, 9.17) is 0 Å². The Hall–Kier alpha value is -1.96. The maximum Gasteiger partial charge on any atom is 0.264 e. The number of hydrogen-bond donors (Lipinski definition) is 2. The van der Waals surface area contributed by atoms with Crippen molar-refractivity contribution in [3.8, 4) is 0 Å². The van der Waals surface area contributed by atoms with E-state index in [1.54, 1.807) is 18.0 Å². The molecule has 1 aromatic heterocycles. The lowest BCUT2D eigenvalue weighted by Crippen LogP contribution is -2.32. The second kappa shape index (κ2) is 9.50. The quantitative estimate of drug-likeness (QED) is 0.802. The highest BCUT2D eigenvalue weighted by atomic mass is 35.5. The second-order valence-corrected chi connectivity index (χ2v) is 6.47. The van der Waals surface area contributed by atoms with Crippen LogP contribution >= 0.6 is 23.7 Å². The van der Waals surface area contributed by atoms with Crippen molar-refractivity contribution in [1.29, 1.82) is 0 Å². The van der Waals surface area contributed by atoms with Crippen LogP contribution < -0.4 is 10.6 Å². The molecule has 0 aliphatic rings. The SMILES string of the molecule is CNCCN(C)C(=O)c1sc(NC(=O)c2cccc(F)c2)cc1C.Cl. The van der Waals surface area contributed by atoms with Gasteiger partial charge in [-0.1, -0.05) is 6.07 Å². The van der Waals surface area contributed by atoms with Gasteiger partial charge in [0.05, 0.1) is 9.88 Å². The summed E-state index contributed by atoms with van der Waals surface area (Å²) in [6.07, 6.45) is 0. The first-order valence-electron chi connectivity index (χ1n) is 7.49. The molecule has 0 bridgehead atoms. The second-order valence-electron chi connectivity index (χ2n) is 5.42. The number of anilines is 1. The molecule has 0 aliphatic carbocycles. The standard InChI is InChI=1S/C17H20FN3O2S.ClH/c1-11-9-14(20-16(22)12-5-4-6-13(18)10-12)24-15(11)17(23)21(3)8-7-19-2;/h4-6,9-10,19H,7-8H2,1-3H3,(H,20,22);1H. The highest BCUT2D eigenvalue weighted by molar-refractivity contribution is 7.18. The van der Waals surface area contributed by atoms with E-state index in [0.717, 1.165) is 5.56 Å². The molecule has 0 atom stereocenters. The minimum atomic E-state index is -0.466. The Morgan fingerprint density at radius 3 is 2.64 bits per heavy atom. The number of aryl methyl sites for hydroxylation is 1. The third-order valence-electron chi connectivity index (χ3n) is 3.48. The van der Waals surface area contributed by atoms with E-state index >= 15 is 0 Å². The van der Waals surface area contributed by atoms with Gasteiger partial charge in [0.25, 0.3) is 11.8 Å². The van der Waals surface area contributed by atoms with Crippen LogP contribution in [0.5, 0.6) is 0 Å². The maximum atomic E-state index is 13.2. The molecule has 2 rings (SSSR count). The number of nitrogens with zero attached hydrogens (tertiary/aromatic N) is 1. The van der Waals surface area contributed by atoms with Crippen LogP contribution in [0.15, 0.2) is 30.3 Å². The van der Waals surface area contributed by atoms with Gasteiger partial charge in [0.2, 0.25) is 0 Å². The molecule has 8 heteroatoms. The number of carbonyl (C=O) groups excluding carboxylic acids is 2. The van der Waals surface area contributed by atoms with Crippen LogP contribution in [0.2, 0.25) is 0 Å². The van der Waals surface area contributed by atoms with Crippen LogP contribution in [-0.2, 0) is 0 Å². The average Bonchev–Trinajstić information content (AvgIpc) is 2.92. The van der Waals surface area contributed by atoms with Crippen LogP contribution in [0, 0.1) is 12.7 Å². The predicted molar refractivity (Wildman–Crippen MR) is 102 cm³/mol. The third kappa shape index (κ3) is 5.52. The van der Waals surface area contributed by atoms with E-state index in [0.29, 0.717) is 23.0 Å². The first-order valence-corrected chi connectivity index (χ1v) is 8.31. The number of likely N-dealkylation sites (N-methyl/N-ethyl adjacent to an activating group) is 2. The van der Waals surface area contributed by atoms with Gasteiger partial charge < -0.3 is 15.5 Å². The Labute approximate surface area is 156 Å². The van der Waals surface area contributed by atoms with Gasteiger partial charge in [-0.3, -0.25) is 9.59 Å². The molecule has 2 aromatic rings. The fourth-order valence-electron chi connectivity index (χ4n) is 2.12. The number of benzene rings is 1. The van der Waals surface area contributed by atoms with E-state index in [-0.39, 0.29) is 23.9 Å². The molecular formula is C17H21ClFN3O2S. The topological polar surface area (TPSA) is 61.4 Å². The number of hydrogen-bond acceptors (Lipinski definition) is 4. The highest BCUT2D eigenvalue weighted by Gasteiger charge is 2.18. The number of carbonyl (C=O) groups is 2. The normalized spacial score (nSPS) is 10.1. The van der Waals surface area contributed by atoms with Crippen molar-refractivity contribution in [3.05, 3.63) is 52.2 Å². The molecule has 25 heavy (non-hydrogen) atoms. The summed E-state index contributed by atoms with van der Waals surface area (Å²) in [6.45, 7) is 3.13. The molecule has 0 unspecified atom stereocenters. The molecule has 136 valence electrons. The van der Waals surface area contributed by atoms with Crippen molar-refractivity contribution in [2.45, 2.75) is 6.92 Å². The Morgan fingerprint density at radius 1 is 1.28 bits per heavy atom.